The molecule has 4 aromatic carbocycles. The first kappa shape index (κ1) is 29.8. The number of nitrogens with one attached hydrogen (secondary N) is 1. The Morgan fingerprint density at radius 3 is 2.38 bits per heavy atom. The average Bonchev–Trinajstić information content (AvgIpc) is 2.92. The average molecular weight is 604 g/mol. The Morgan fingerprint density at radius 1 is 0.925 bits per heavy atom. The fourth-order valence-corrected chi connectivity index (χ4v) is 5.44. The zero-order chi connectivity index (χ0) is 28.8. The molecule has 0 spiro atoms. The van der Waals surface area contributed by atoms with Crippen molar-refractivity contribution in [1.82, 2.24) is 0 Å². The number of amides is 1. The van der Waals surface area contributed by atoms with Crippen LogP contribution in [0.1, 0.15) is 23.1 Å². The first-order valence-electron chi connectivity index (χ1n) is 12.1. The number of benzene rings is 4. The molecular weight excluding hydrogens is 579 g/mol. The Kier molecular flexibility index (Phi) is 9.66. The molecular formula is C29H25ClF2NO5PS. The van der Waals surface area contributed by atoms with Gasteiger partial charge in [-0.3, -0.25) is 9.36 Å². The molecule has 11 heteroatoms. The Balaban J connectivity index is 1.32. The van der Waals surface area contributed by atoms with Crippen LogP contribution in [0.15, 0.2) is 107 Å². The van der Waals surface area contributed by atoms with Crippen molar-refractivity contribution in [1.29, 1.82) is 0 Å². The number of rotatable bonds is 11. The summed E-state index contributed by atoms with van der Waals surface area (Å²) >= 11 is 7.99. The summed E-state index contributed by atoms with van der Waals surface area (Å²) in [5.41, 5.74) is -3.43. The van der Waals surface area contributed by atoms with E-state index in [1.807, 2.05) is 72.8 Å². The fourth-order valence-electron chi connectivity index (χ4n) is 3.72. The molecule has 3 N–H and O–H groups in total. The Bertz CT molecular complexity index is 1530. The highest BCUT2D eigenvalue weighted by Gasteiger charge is 2.50. The van der Waals surface area contributed by atoms with Gasteiger partial charge in [0.15, 0.2) is 0 Å². The topological polar surface area (TPSA) is 95.9 Å². The van der Waals surface area contributed by atoms with Crippen LogP contribution in [0.25, 0.3) is 0 Å². The van der Waals surface area contributed by atoms with Crippen LogP contribution in [0.4, 0.5) is 14.5 Å². The zero-order valence-electron chi connectivity index (χ0n) is 21.0. The molecule has 0 heterocycles. The minimum atomic E-state index is -5.72. The van der Waals surface area contributed by atoms with Gasteiger partial charge in [-0.25, -0.2) is 0 Å². The maximum absolute atomic E-state index is 14.0. The number of aryl methyl sites for hydroxylation is 1. The standard InChI is InChI=1S/C29H25ClF2NO5PS/c30-27-18-26(40-25-11-5-10-24(17-25)38-19-20-6-2-1-3-7-20)14-12-21(27)13-15-28(34)33-23-9-4-8-22(16-23)29(31,32)39(35,36)37/h1-12,14,16-18H,13,15,19H2,(H,33,34)(H2,35,36,37). The van der Waals surface area contributed by atoms with Crippen LogP contribution in [-0.4, -0.2) is 15.7 Å². The number of ether oxygens (including phenoxy) is 1. The van der Waals surface area contributed by atoms with Gasteiger partial charge in [0.1, 0.15) is 12.4 Å². The Labute approximate surface area is 239 Å². The molecule has 0 saturated heterocycles. The van der Waals surface area contributed by atoms with Gasteiger partial charge in [-0.2, -0.15) is 8.78 Å². The van der Waals surface area contributed by atoms with Crippen molar-refractivity contribution in [2.45, 2.75) is 34.9 Å². The summed E-state index contributed by atoms with van der Waals surface area (Å²) in [5, 5.41) is 2.97. The summed E-state index contributed by atoms with van der Waals surface area (Å²) < 4.78 is 45.0. The number of carbonyl (C=O) groups is 1. The lowest BCUT2D eigenvalue weighted by Crippen LogP contribution is -2.16. The first-order chi connectivity index (χ1) is 19.0. The lowest BCUT2D eigenvalue weighted by atomic mass is 10.1. The van der Waals surface area contributed by atoms with E-state index >= 15 is 0 Å². The van der Waals surface area contributed by atoms with Crippen LogP contribution < -0.4 is 10.1 Å². The second-order valence-electron chi connectivity index (χ2n) is 8.82. The van der Waals surface area contributed by atoms with Gasteiger partial charge in [0.05, 0.1) is 0 Å². The van der Waals surface area contributed by atoms with Crippen LogP contribution >= 0.6 is 31.0 Å². The van der Waals surface area contributed by atoms with Crippen molar-refractivity contribution in [3.05, 3.63) is 119 Å². The second kappa shape index (κ2) is 13.0. The molecule has 0 saturated carbocycles. The SMILES string of the molecule is O=C(CCc1ccc(Sc2cccc(OCc3ccccc3)c2)cc1Cl)Nc1cccc(C(F)(F)P(=O)(O)O)c1. The lowest BCUT2D eigenvalue weighted by Gasteiger charge is -2.18. The molecule has 0 aliphatic heterocycles. The number of anilines is 1. The first-order valence-corrected chi connectivity index (χ1v) is 14.9. The summed E-state index contributed by atoms with van der Waals surface area (Å²) in [5.74, 6) is 0.289. The van der Waals surface area contributed by atoms with E-state index in [9.17, 15) is 18.1 Å². The van der Waals surface area contributed by atoms with Crippen LogP contribution in [0, 0.1) is 0 Å². The molecule has 0 aromatic heterocycles. The van der Waals surface area contributed by atoms with Gasteiger partial charge in [-0.1, -0.05) is 78.0 Å². The van der Waals surface area contributed by atoms with E-state index in [0.717, 1.165) is 38.8 Å². The highest BCUT2D eigenvalue weighted by molar-refractivity contribution is 7.99. The smallest absolute Gasteiger partial charge is 0.399 e. The van der Waals surface area contributed by atoms with Gasteiger partial charge in [-0.05, 0) is 60.0 Å². The summed E-state index contributed by atoms with van der Waals surface area (Å²) in [6.07, 6.45) is 0.322. The van der Waals surface area contributed by atoms with Gasteiger partial charge in [0, 0.05) is 32.5 Å². The van der Waals surface area contributed by atoms with E-state index in [1.165, 1.54) is 23.9 Å². The lowest BCUT2D eigenvalue weighted by molar-refractivity contribution is -0.116. The normalized spacial score (nSPS) is 11.7. The minimum Gasteiger partial charge on any atom is -0.489 e. The monoisotopic (exact) mass is 603 g/mol. The molecule has 0 atom stereocenters. The van der Waals surface area contributed by atoms with Crippen LogP contribution in [0.5, 0.6) is 5.75 Å². The van der Waals surface area contributed by atoms with Crippen LogP contribution in [0.2, 0.25) is 5.02 Å². The quantitative estimate of drug-likeness (QED) is 0.151. The molecule has 0 fully saturated rings. The largest absolute Gasteiger partial charge is 0.489 e. The number of alkyl halides is 2. The van der Waals surface area contributed by atoms with Crippen molar-refractivity contribution in [3.63, 3.8) is 0 Å². The van der Waals surface area contributed by atoms with Crippen molar-refractivity contribution < 1.29 is 32.7 Å². The summed E-state index contributed by atoms with van der Waals surface area (Å²) in [4.78, 5) is 32.2. The van der Waals surface area contributed by atoms with Gasteiger partial charge in [0.25, 0.3) is 0 Å². The minimum absolute atomic E-state index is 0.00319. The zero-order valence-corrected chi connectivity index (χ0v) is 23.4. The van der Waals surface area contributed by atoms with E-state index in [4.69, 9.17) is 26.1 Å². The molecule has 0 bridgehead atoms. The molecule has 0 radical (unpaired) electrons. The van der Waals surface area contributed by atoms with Gasteiger partial charge in [-0.15, -0.1) is 0 Å². The van der Waals surface area contributed by atoms with Crippen molar-refractivity contribution >= 4 is 42.6 Å². The third-order valence-electron chi connectivity index (χ3n) is 5.79. The van der Waals surface area contributed by atoms with E-state index in [2.05, 4.69) is 5.32 Å². The van der Waals surface area contributed by atoms with Crippen LogP contribution in [0.3, 0.4) is 0 Å². The third kappa shape index (κ3) is 7.93. The molecule has 4 rings (SSSR count). The predicted molar refractivity (Wildman–Crippen MR) is 152 cm³/mol. The molecule has 0 unspecified atom stereocenters. The predicted octanol–water partition coefficient (Wildman–Crippen LogP) is 7.87. The maximum Gasteiger partial charge on any atom is 0.399 e. The molecule has 40 heavy (non-hydrogen) atoms. The van der Waals surface area contributed by atoms with E-state index < -0.39 is 24.7 Å². The molecule has 1 amide bonds. The summed E-state index contributed by atoms with van der Waals surface area (Å²) in [7, 11) is -5.72. The summed E-state index contributed by atoms with van der Waals surface area (Å²) in [6, 6.07) is 27.4. The number of hydrogen-bond acceptors (Lipinski definition) is 4. The van der Waals surface area contributed by atoms with E-state index in [1.54, 1.807) is 0 Å². The number of halogens is 3. The van der Waals surface area contributed by atoms with Crippen molar-refractivity contribution in [3.8, 4) is 5.75 Å². The molecule has 4 aromatic rings. The highest BCUT2D eigenvalue weighted by atomic mass is 35.5. The Morgan fingerprint density at radius 2 is 1.65 bits per heavy atom. The van der Waals surface area contributed by atoms with Gasteiger partial charge >= 0.3 is 13.3 Å². The molecule has 208 valence electrons. The highest BCUT2D eigenvalue weighted by Crippen LogP contribution is 2.59. The molecule has 0 aliphatic rings. The number of hydrogen-bond donors (Lipinski definition) is 3. The molecule has 0 aliphatic carbocycles. The summed E-state index contributed by atoms with van der Waals surface area (Å²) in [6.45, 7) is 0.467. The van der Waals surface area contributed by atoms with Crippen LogP contribution in [-0.2, 0) is 28.1 Å². The second-order valence-corrected chi connectivity index (χ2v) is 12.0. The van der Waals surface area contributed by atoms with Crippen molar-refractivity contribution in [2.24, 2.45) is 0 Å². The third-order valence-corrected chi connectivity index (χ3v) is 8.12. The van der Waals surface area contributed by atoms with E-state index in [0.29, 0.717) is 18.1 Å². The maximum atomic E-state index is 14.0. The molecule has 6 nitrogen and oxygen atoms in total. The number of carbonyl (C=O) groups excluding carboxylic acids is 1. The Hall–Kier alpha value is -3.20. The fraction of sp³-hybridized carbons (Fsp3) is 0.138. The van der Waals surface area contributed by atoms with Gasteiger partial charge < -0.3 is 19.8 Å². The van der Waals surface area contributed by atoms with E-state index in [-0.39, 0.29) is 12.1 Å². The van der Waals surface area contributed by atoms with Gasteiger partial charge in [0.2, 0.25) is 5.91 Å². The van der Waals surface area contributed by atoms with Crippen molar-refractivity contribution in [2.75, 3.05) is 5.32 Å².